The average Bonchev–Trinajstić information content (AvgIpc) is 3.16. The number of aryl methyl sites for hydroxylation is 1. The molecule has 5 rings (SSSR count). The fourth-order valence-corrected chi connectivity index (χ4v) is 3.67. The van der Waals surface area contributed by atoms with E-state index in [9.17, 15) is 4.79 Å². The van der Waals surface area contributed by atoms with Crippen LogP contribution < -0.4 is 5.32 Å². The molecule has 0 saturated carbocycles. The number of aromatic amines is 1. The Morgan fingerprint density at radius 2 is 2.12 bits per heavy atom. The molecule has 1 aromatic carbocycles. The second-order valence-electron chi connectivity index (χ2n) is 6.05. The van der Waals surface area contributed by atoms with E-state index in [1.165, 1.54) is 0 Å². The third-order valence-corrected chi connectivity index (χ3v) is 4.73. The molecule has 24 heavy (non-hydrogen) atoms. The summed E-state index contributed by atoms with van der Waals surface area (Å²) in [6.07, 6.45) is 1.79. The van der Waals surface area contributed by atoms with E-state index < -0.39 is 0 Å². The summed E-state index contributed by atoms with van der Waals surface area (Å²) in [7, 11) is 0. The lowest BCUT2D eigenvalue weighted by atomic mass is 9.81. The van der Waals surface area contributed by atoms with Crippen LogP contribution in [0, 0.1) is 6.92 Å². The van der Waals surface area contributed by atoms with E-state index >= 15 is 0 Å². The summed E-state index contributed by atoms with van der Waals surface area (Å²) in [5, 5.41) is 11.6. The number of H-pyrrole nitrogens is 1. The third-order valence-electron chi connectivity index (χ3n) is 4.73. The van der Waals surface area contributed by atoms with Gasteiger partial charge in [0.05, 0.1) is 16.8 Å². The van der Waals surface area contributed by atoms with Gasteiger partial charge in [0, 0.05) is 28.8 Å². The van der Waals surface area contributed by atoms with Gasteiger partial charge in [-0.1, -0.05) is 18.2 Å². The molecule has 4 heterocycles. The number of aromatic nitrogens is 3. The molecule has 2 aromatic heterocycles. The van der Waals surface area contributed by atoms with Gasteiger partial charge in [-0.25, -0.2) is 4.79 Å². The summed E-state index contributed by atoms with van der Waals surface area (Å²) in [6, 6.07) is 9.94. The molecule has 6 heteroatoms. The zero-order chi connectivity index (χ0) is 16.3. The quantitative estimate of drug-likeness (QED) is 0.674. The van der Waals surface area contributed by atoms with E-state index in [0.29, 0.717) is 5.57 Å². The van der Waals surface area contributed by atoms with Crippen molar-refractivity contribution in [1.82, 2.24) is 15.2 Å². The van der Waals surface area contributed by atoms with Crippen molar-refractivity contribution in [1.29, 1.82) is 0 Å². The monoisotopic (exact) mass is 318 g/mol. The molecule has 0 fully saturated rings. The average molecular weight is 318 g/mol. The molecule has 2 N–H and O–H groups in total. The van der Waals surface area contributed by atoms with Crippen LogP contribution in [-0.4, -0.2) is 27.8 Å². The van der Waals surface area contributed by atoms with Gasteiger partial charge in [0.25, 0.3) is 0 Å². The molecule has 0 radical (unpaired) electrons. The smallest absolute Gasteiger partial charge is 0.337 e. The highest BCUT2D eigenvalue weighted by molar-refractivity contribution is 5.98. The van der Waals surface area contributed by atoms with Crippen LogP contribution in [0.25, 0.3) is 10.9 Å². The maximum atomic E-state index is 12.4. The number of para-hydroxylation sites is 1. The van der Waals surface area contributed by atoms with Crippen LogP contribution in [0.5, 0.6) is 0 Å². The first-order chi connectivity index (χ1) is 11.7. The number of hydrogen-bond acceptors (Lipinski definition) is 5. The van der Waals surface area contributed by atoms with Crippen LogP contribution in [0.3, 0.4) is 0 Å². The number of fused-ring (bicyclic) bond motifs is 2. The Labute approximate surface area is 137 Å². The first-order valence-corrected chi connectivity index (χ1v) is 7.79. The van der Waals surface area contributed by atoms with Crippen LogP contribution >= 0.6 is 0 Å². The first-order valence-electron chi connectivity index (χ1n) is 7.79. The van der Waals surface area contributed by atoms with Gasteiger partial charge in [0.1, 0.15) is 6.61 Å². The van der Waals surface area contributed by atoms with Crippen LogP contribution in [0.4, 0.5) is 5.82 Å². The molecule has 0 saturated heterocycles. The van der Waals surface area contributed by atoms with Crippen LogP contribution in [0.1, 0.15) is 22.7 Å². The molecular weight excluding hydrogens is 304 g/mol. The Balaban J connectivity index is 1.84. The summed E-state index contributed by atoms with van der Waals surface area (Å²) in [5.74, 6) is 0.281. The molecule has 0 aliphatic carbocycles. The zero-order valence-electron chi connectivity index (χ0n) is 13.0. The largest absolute Gasteiger partial charge is 0.456 e. The number of ether oxygens (including phenoxy) is 1. The molecule has 3 aromatic rings. The molecule has 0 amide bonds. The minimum Gasteiger partial charge on any atom is -0.456 e. The lowest BCUT2D eigenvalue weighted by molar-refractivity contribution is -0.136. The Hall–Kier alpha value is -3.15. The van der Waals surface area contributed by atoms with E-state index in [-0.39, 0.29) is 18.5 Å². The van der Waals surface area contributed by atoms with Crippen molar-refractivity contribution in [2.24, 2.45) is 0 Å². The SMILES string of the molecule is Cc1[nH]nc2c1C(c1ccnc3ccccc13)C1=C(COC1=O)N2. The third kappa shape index (κ3) is 1.68. The summed E-state index contributed by atoms with van der Waals surface area (Å²) < 4.78 is 5.28. The van der Waals surface area contributed by atoms with E-state index in [2.05, 4.69) is 20.5 Å². The summed E-state index contributed by atoms with van der Waals surface area (Å²) >= 11 is 0. The normalized spacial score (nSPS) is 19.0. The second-order valence-corrected chi connectivity index (χ2v) is 6.05. The van der Waals surface area contributed by atoms with Gasteiger partial charge in [-0.3, -0.25) is 10.1 Å². The van der Waals surface area contributed by atoms with Crippen molar-refractivity contribution in [2.75, 3.05) is 11.9 Å². The van der Waals surface area contributed by atoms with Gasteiger partial charge in [0.15, 0.2) is 5.82 Å². The number of carbonyl (C=O) groups is 1. The predicted octanol–water partition coefficient (Wildman–Crippen LogP) is 2.63. The molecule has 2 aliphatic rings. The maximum Gasteiger partial charge on any atom is 0.337 e. The summed E-state index contributed by atoms with van der Waals surface area (Å²) in [6.45, 7) is 2.23. The van der Waals surface area contributed by atoms with Gasteiger partial charge >= 0.3 is 5.97 Å². The summed E-state index contributed by atoms with van der Waals surface area (Å²) in [4.78, 5) is 16.8. The zero-order valence-corrected chi connectivity index (χ0v) is 13.0. The van der Waals surface area contributed by atoms with Crippen molar-refractivity contribution < 1.29 is 9.53 Å². The van der Waals surface area contributed by atoms with Gasteiger partial charge < -0.3 is 10.1 Å². The number of nitrogens with one attached hydrogen (secondary N) is 2. The molecule has 2 aliphatic heterocycles. The molecule has 0 bridgehead atoms. The molecular formula is C18H14N4O2. The second kappa shape index (κ2) is 4.67. The first kappa shape index (κ1) is 13.3. The van der Waals surface area contributed by atoms with Crippen LogP contribution in [0.15, 0.2) is 47.8 Å². The Bertz CT molecular complexity index is 1030. The van der Waals surface area contributed by atoms with E-state index in [1.807, 2.05) is 37.3 Å². The van der Waals surface area contributed by atoms with Crippen LogP contribution in [0.2, 0.25) is 0 Å². The minimum atomic E-state index is -0.269. The van der Waals surface area contributed by atoms with Gasteiger partial charge in [-0.05, 0) is 24.6 Å². The number of pyridine rings is 1. The van der Waals surface area contributed by atoms with Gasteiger partial charge in [-0.15, -0.1) is 0 Å². The number of anilines is 1. The maximum absolute atomic E-state index is 12.4. The van der Waals surface area contributed by atoms with Crippen molar-refractivity contribution in [3.05, 3.63) is 64.6 Å². The highest BCUT2D eigenvalue weighted by Crippen LogP contribution is 2.46. The Morgan fingerprint density at radius 3 is 3.04 bits per heavy atom. The number of cyclic esters (lactones) is 1. The van der Waals surface area contributed by atoms with Crippen molar-refractivity contribution >= 4 is 22.7 Å². The molecule has 118 valence electrons. The Morgan fingerprint density at radius 1 is 1.25 bits per heavy atom. The fraction of sp³-hybridized carbons (Fsp3) is 0.167. The van der Waals surface area contributed by atoms with E-state index in [1.54, 1.807) is 6.20 Å². The minimum absolute atomic E-state index is 0.210. The Kier molecular flexibility index (Phi) is 2.59. The molecule has 1 unspecified atom stereocenters. The highest BCUT2D eigenvalue weighted by atomic mass is 16.5. The lowest BCUT2D eigenvalue weighted by Crippen LogP contribution is -2.20. The van der Waals surface area contributed by atoms with Crippen molar-refractivity contribution in [3.8, 4) is 0 Å². The fourth-order valence-electron chi connectivity index (χ4n) is 3.67. The number of benzene rings is 1. The van der Waals surface area contributed by atoms with E-state index in [4.69, 9.17) is 4.74 Å². The number of nitrogens with zero attached hydrogens (tertiary/aromatic N) is 2. The number of carbonyl (C=O) groups excluding carboxylic acids is 1. The molecule has 0 spiro atoms. The molecule has 1 atom stereocenters. The number of esters is 1. The topological polar surface area (TPSA) is 79.9 Å². The standard InChI is InChI=1S/C18H14N4O2/c1-9-14-15(11-6-7-19-12-5-3-2-4-10(11)12)16-13(8-24-18(16)23)20-17(14)22-21-9/h2-7,15H,8H2,1H3,(H2,20,21,22). The van der Waals surface area contributed by atoms with Gasteiger partial charge in [0.2, 0.25) is 0 Å². The van der Waals surface area contributed by atoms with E-state index in [0.717, 1.165) is 39.2 Å². The predicted molar refractivity (Wildman–Crippen MR) is 88.5 cm³/mol. The number of rotatable bonds is 1. The number of hydrogen-bond donors (Lipinski definition) is 2. The van der Waals surface area contributed by atoms with Crippen molar-refractivity contribution in [2.45, 2.75) is 12.8 Å². The summed E-state index contributed by atoms with van der Waals surface area (Å²) in [5.41, 5.74) is 5.34. The van der Waals surface area contributed by atoms with Crippen molar-refractivity contribution in [3.63, 3.8) is 0 Å². The lowest BCUT2D eigenvalue weighted by Gasteiger charge is -2.25. The molecule has 6 nitrogen and oxygen atoms in total. The van der Waals surface area contributed by atoms with Crippen LogP contribution in [-0.2, 0) is 9.53 Å². The van der Waals surface area contributed by atoms with Gasteiger partial charge in [-0.2, -0.15) is 5.10 Å². The highest BCUT2D eigenvalue weighted by Gasteiger charge is 2.41.